The van der Waals surface area contributed by atoms with Crippen LogP contribution in [-0.2, 0) is 29.4 Å². The van der Waals surface area contributed by atoms with Crippen LogP contribution in [0.15, 0.2) is 30.3 Å². The zero-order valence-corrected chi connectivity index (χ0v) is 16.7. The minimum absolute atomic E-state index is 0.0213. The van der Waals surface area contributed by atoms with Crippen molar-refractivity contribution in [3.05, 3.63) is 52.6 Å². The Hall–Kier alpha value is -3.62. The molecule has 2 aliphatic rings. The molecule has 8 nitrogen and oxygen atoms in total. The van der Waals surface area contributed by atoms with E-state index < -0.39 is 5.97 Å². The van der Waals surface area contributed by atoms with Gasteiger partial charge in [-0.25, -0.2) is 4.79 Å². The molecule has 2 heterocycles. The highest BCUT2D eigenvalue weighted by molar-refractivity contribution is 6.17. The third-order valence-corrected chi connectivity index (χ3v) is 5.59. The Morgan fingerprint density at radius 2 is 1.68 bits per heavy atom. The van der Waals surface area contributed by atoms with Crippen LogP contribution in [0.3, 0.4) is 0 Å². The van der Waals surface area contributed by atoms with Crippen molar-refractivity contribution in [2.24, 2.45) is 0 Å². The van der Waals surface area contributed by atoms with Crippen LogP contribution in [0.2, 0.25) is 0 Å². The second-order valence-electron chi connectivity index (χ2n) is 7.41. The number of carbonyl (C=O) groups excluding carboxylic acids is 2. The third-order valence-electron chi connectivity index (χ3n) is 5.59. The number of esters is 1. The number of amides is 1. The van der Waals surface area contributed by atoms with Crippen molar-refractivity contribution in [3.63, 3.8) is 0 Å². The minimum Gasteiger partial charge on any atom is -0.457 e. The molecule has 0 saturated carbocycles. The molecule has 0 spiro atoms. The molecule has 0 aliphatic carbocycles. The zero-order chi connectivity index (χ0) is 21.7. The first-order valence-electron chi connectivity index (χ1n) is 9.72. The van der Waals surface area contributed by atoms with Gasteiger partial charge in [-0.15, -0.1) is 0 Å². The summed E-state index contributed by atoms with van der Waals surface area (Å²) in [5.41, 5.74) is 3.77. The zero-order valence-electron chi connectivity index (χ0n) is 16.7. The highest BCUT2D eigenvalue weighted by Gasteiger charge is 2.32. The molecular weight excluding hydrogens is 402 g/mol. The number of cyclic esters (lactones) is 1. The fraction of sp³-hybridized carbons (Fsp3) is 0.217. The van der Waals surface area contributed by atoms with Crippen LogP contribution in [0.1, 0.15) is 34.0 Å². The summed E-state index contributed by atoms with van der Waals surface area (Å²) in [6, 6.07) is 8.85. The molecule has 3 N–H and O–H groups in total. The van der Waals surface area contributed by atoms with E-state index in [4.69, 9.17) is 14.2 Å². The van der Waals surface area contributed by atoms with Gasteiger partial charge in [0, 0.05) is 23.4 Å². The van der Waals surface area contributed by atoms with Crippen molar-refractivity contribution in [2.45, 2.75) is 26.7 Å². The quantitative estimate of drug-likeness (QED) is 0.555. The van der Waals surface area contributed by atoms with Crippen LogP contribution >= 0.6 is 0 Å². The highest BCUT2D eigenvalue weighted by Crippen LogP contribution is 2.46. The van der Waals surface area contributed by atoms with E-state index in [0.29, 0.717) is 61.3 Å². The van der Waals surface area contributed by atoms with Crippen molar-refractivity contribution in [1.82, 2.24) is 0 Å². The van der Waals surface area contributed by atoms with E-state index in [1.165, 1.54) is 6.92 Å². The Balaban J connectivity index is 1.91. The lowest BCUT2D eigenvalue weighted by molar-refractivity contribution is -0.114. The Morgan fingerprint density at radius 3 is 2.39 bits per heavy atom. The molecule has 8 heteroatoms. The Kier molecular flexibility index (Phi) is 4.53. The molecule has 3 aromatic rings. The predicted octanol–water partition coefficient (Wildman–Crippen LogP) is 2.85. The second-order valence-corrected chi connectivity index (χ2v) is 7.41. The number of hydrogen-bond donors (Lipinski definition) is 3. The fourth-order valence-corrected chi connectivity index (χ4v) is 4.22. The predicted molar refractivity (Wildman–Crippen MR) is 111 cm³/mol. The first-order valence-corrected chi connectivity index (χ1v) is 9.72. The van der Waals surface area contributed by atoms with Gasteiger partial charge in [0.2, 0.25) is 12.7 Å². The average Bonchev–Trinajstić information content (AvgIpc) is 3.39. The van der Waals surface area contributed by atoms with Crippen LogP contribution in [0.25, 0.3) is 21.9 Å². The number of carbonyl (C=O) groups is 2. The standard InChI is InChI=1S/C23H19NO7/c1-11(27)24-22-16-5-14(8-26)13(7-25)4-15(16)20(21-17(22)9-29-23(21)28)12-2-3-18-19(6-12)31-10-30-18/h2-6,25-26H,7-10H2,1H3,(H,24,27). The lowest BCUT2D eigenvalue weighted by Crippen LogP contribution is -2.11. The molecule has 0 fully saturated rings. The summed E-state index contributed by atoms with van der Waals surface area (Å²) in [6.07, 6.45) is 0. The van der Waals surface area contributed by atoms with Crippen LogP contribution < -0.4 is 14.8 Å². The summed E-state index contributed by atoms with van der Waals surface area (Å²) in [6.45, 7) is 0.959. The molecule has 0 radical (unpaired) electrons. The Bertz CT molecular complexity index is 1260. The summed E-state index contributed by atoms with van der Waals surface area (Å²) < 4.78 is 16.2. The Morgan fingerprint density at radius 1 is 0.968 bits per heavy atom. The van der Waals surface area contributed by atoms with E-state index in [2.05, 4.69) is 5.32 Å². The summed E-state index contributed by atoms with van der Waals surface area (Å²) in [4.78, 5) is 24.7. The number of anilines is 1. The largest absolute Gasteiger partial charge is 0.457 e. The van der Waals surface area contributed by atoms with Gasteiger partial charge in [-0.3, -0.25) is 4.79 Å². The molecule has 0 atom stereocenters. The summed E-state index contributed by atoms with van der Waals surface area (Å²) >= 11 is 0. The van der Waals surface area contributed by atoms with Gasteiger partial charge in [0.1, 0.15) is 6.61 Å². The van der Waals surface area contributed by atoms with Gasteiger partial charge in [0.15, 0.2) is 11.5 Å². The molecule has 0 saturated heterocycles. The summed E-state index contributed by atoms with van der Waals surface area (Å²) in [5, 5.41) is 23.7. The number of aliphatic hydroxyl groups is 2. The van der Waals surface area contributed by atoms with Gasteiger partial charge in [-0.2, -0.15) is 0 Å². The topological polar surface area (TPSA) is 114 Å². The lowest BCUT2D eigenvalue weighted by Gasteiger charge is -2.19. The van der Waals surface area contributed by atoms with Gasteiger partial charge in [-0.05, 0) is 46.3 Å². The fourth-order valence-electron chi connectivity index (χ4n) is 4.22. The van der Waals surface area contributed by atoms with Crippen LogP contribution in [0.5, 0.6) is 11.5 Å². The van der Waals surface area contributed by atoms with E-state index in [9.17, 15) is 19.8 Å². The van der Waals surface area contributed by atoms with Crippen molar-refractivity contribution >= 4 is 28.3 Å². The molecule has 0 unspecified atom stereocenters. The Labute approximate surface area is 177 Å². The average molecular weight is 421 g/mol. The van der Waals surface area contributed by atoms with E-state index >= 15 is 0 Å². The molecule has 2 aliphatic heterocycles. The number of ether oxygens (including phenoxy) is 3. The number of nitrogens with one attached hydrogen (secondary N) is 1. The van der Waals surface area contributed by atoms with E-state index in [1.54, 1.807) is 24.3 Å². The number of benzene rings is 3. The lowest BCUT2D eigenvalue weighted by atomic mass is 9.87. The first kappa shape index (κ1) is 19.3. The van der Waals surface area contributed by atoms with E-state index in [-0.39, 0.29) is 32.5 Å². The van der Waals surface area contributed by atoms with Gasteiger partial charge in [0.05, 0.1) is 24.5 Å². The molecule has 0 aromatic heterocycles. The van der Waals surface area contributed by atoms with E-state index in [0.717, 1.165) is 0 Å². The van der Waals surface area contributed by atoms with Gasteiger partial charge in [0.25, 0.3) is 0 Å². The summed E-state index contributed by atoms with van der Waals surface area (Å²) in [7, 11) is 0. The summed E-state index contributed by atoms with van der Waals surface area (Å²) in [5.74, 6) is 0.384. The van der Waals surface area contributed by atoms with Crippen LogP contribution in [-0.4, -0.2) is 28.9 Å². The molecule has 31 heavy (non-hydrogen) atoms. The highest BCUT2D eigenvalue weighted by atomic mass is 16.7. The smallest absolute Gasteiger partial charge is 0.339 e. The maximum absolute atomic E-state index is 12.8. The van der Waals surface area contributed by atoms with Crippen molar-refractivity contribution in [2.75, 3.05) is 12.1 Å². The monoisotopic (exact) mass is 421 g/mol. The molecule has 158 valence electrons. The van der Waals surface area contributed by atoms with Gasteiger partial charge in [-0.1, -0.05) is 6.07 Å². The molecular formula is C23H19NO7. The van der Waals surface area contributed by atoms with Crippen molar-refractivity contribution in [1.29, 1.82) is 0 Å². The first-order chi connectivity index (χ1) is 15.0. The third kappa shape index (κ3) is 2.99. The number of fused-ring (bicyclic) bond motifs is 3. The molecule has 0 bridgehead atoms. The van der Waals surface area contributed by atoms with Crippen LogP contribution in [0, 0.1) is 0 Å². The number of hydrogen-bond acceptors (Lipinski definition) is 7. The maximum atomic E-state index is 12.8. The van der Waals surface area contributed by atoms with Crippen molar-refractivity contribution in [3.8, 4) is 22.6 Å². The maximum Gasteiger partial charge on any atom is 0.339 e. The number of rotatable bonds is 4. The molecule has 1 amide bonds. The van der Waals surface area contributed by atoms with E-state index in [1.807, 2.05) is 6.07 Å². The SMILES string of the molecule is CC(=O)Nc1c2c(c(-c3ccc4c(c3)OCO4)c3cc(CO)c(CO)cc13)C(=O)OC2. The minimum atomic E-state index is -0.493. The van der Waals surface area contributed by atoms with Crippen LogP contribution in [0.4, 0.5) is 5.69 Å². The van der Waals surface area contributed by atoms with Gasteiger partial charge >= 0.3 is 5.97 Å². The van der Waals surface area contributed by atoms with Gasteiger partial charge < -0.3 is 29.7 Å². The van der Waals surface area contributed by atoms with Crippen molar-refractivity contribution < 1.29 is 34.0 Å². The normalized spacial score (nSPS) is 14.0. The molecule has 3 aromatic carbocycles. The second kappa shape index (κ2) is 7.26. The molecule has 5 rings (SSSR count). The number of aliphatic hydroxyl groups excluding tert-OH is 2.